The van der Waals surface area contributed by atoms with Crippen molar-refractivity contribution >= 4 is 11.8 Å². The fourth-order valence-electron chi connectivity index (χ4n) is 1.95. The van der Waals surface area contributed by atoms with Gasteiger partial charge in [0.25, 0.3) is 0 Å². The number of aromatic nitrogens is 2. The van der Waals surface area contributed by atoms with Gasteiger partial charge in [0.1, 0.15) is 0 Å². The van der Waals surface area contributed by atoms with E-state index in [1.807, 2.05) is 30.5 Å². The summed E-state index contributed by atoms with van der Waals surface area (Å²) in [6, 6.07) is 8.98. The lowest BCUT2D eigenvalue weighted by Crippen LogP contribution is -2.28. The van der Waals surface area contributed by atoms with Gasteiger partial charge in [0.05, 0.1) is 12.0 Å². The summed E-state index contributed by atoms with van der Waals surface area (Å²) in [4.78, 5) is 4.11. The zero-order valence-electron chi connectivity index (χ0n) is 11.5. The van der Waals surface area contributed by atoms with Gasteiger partial charge in [0.2, 0.25) is 0 Å². The zero-order valence-corrected chi connectivity index (χ0v) is 12.4. The summed E-state index contributed by atoms with van der Waals surface area (Å²) in [6.07, 6.45) is 5.63. The second kappa shape index (κ2) is 7.36. The summed E-state index contributed by atoms with van der Waals surface area (Å²) in [5.74, 6) is 2.33. The summed E-state index contributed by atoms with van der Waals surface area (Å²) < 4.78 is 2.06. The summed E-state index contributed by atoms with van der Waals surface area (Å²) in [7, 11) is 0. The minimum Gasteiger partial charge on any atom is -0.309 e. The molecule has 0 amide bonds. The molecule has 102 valence electrons. The topological polar surface area (TPSA) is 29.9 Å². The van der Waals surface area contributed by atoms with E-state index in [0.717, 1.165) is 12.3 Å². The van der Waals surface area contributed by atoms with Crippen LogP contribution < -0.4 is 5.32 Å². The maximum atomic E-state index is 4.11. The van der Waals surface area contributed by atoms with Crippen LogP contribution in [0.2, 0.25) is 0 Å². The van der Waals surface area contributed by atoms with Crippen molar-refractivity contribution in [2.75, 3.05) is 11.5 Å². The van der Waals surface area contributed by atoms with Crippen molar-refractivity contribution < 1.29 is 0 Å². The molecule has 0 aliphatic heterocycles. The van der Waals surface area contributed by atoms with E-state index in [9.17, 15) is 0 Å². The molecule has 1 aromatic carbocycles. The molecule has 0 aliphatic carbocycles. The Morgan fingerprint density at radius 1 is 1.37 bits per heavy atom. The quantitative estimate of drug-likeness (QED) is 0.842. The van der Waals surface area contributed by atoms with E-state index in [1.165, 1.54) is 17.0 Å². The number of nitrogens with one attached hydrogen (secondary N) is 1. The predicted octanol–water partition coefficient (Wildman–Crippen LogP) is 3.10. The molecule has 19 heavy (non-hydrogen) atoms. The van der Waals surface area contributed by atoms with Gasteiger partial charge in [-0.1, -0.05) is 25.1 Å². The fourth-order valence-corrected chi connectivity index (χ4v) is 2.66. The molecule has 0 saturated heterocycles. The van der Waals surface area contributed by atoms with E-state index >= 15 is 0 Å². The molecule has 0 aliphatic rings. The van der Waals surface area contributed by atoms with Crippen molar-refractivity contribution in [2.45, 2.75) is 26.4 Å². The minimum atomic E-state index is 0.529. The van der Waals surface area contributed by atoms with Gasteiger partial charge in [0.15, 0.2) is 0 Å². The first-order valence-electron chi connectivity index (χ1n) is 6.68. The van der Waals surface area contributed by atoms with E-state index < -0.39 is 0 Å². The Kier molecular flexibility index (Phi) is 5.48. The van der Waals surface area contributed by atoms with Crippen LogP contribution >= 0.6 is 11.8 Å². The van der Waals surface area contributed by atoms with Crippen molar-refractivity contribution in [1.82, 2.24) is 14.9 Å². The summed E-state index contributed by atoms with van der Waals surface area (Å²) in [5, 5.41) is 3.58. The Morgan fingerprint density at radius 3 is 2.95 bits per heavy atom. The van der Waals surface area contributed by atoms with Crippen LogP contribution in [-0.2, 0) is 6.54 Å². The third-order valence-corrected chi connectivity index (χ3v) is 4.13. The molecule has 1 atom stereocenters. The summed E-state index contributed by atoms with van der Waals surface area (Å²) >= 11 is 1.98. The van der Waals surface area contributed by atoms with E-state index in [1.54, 1.807) is 0 Å². The average molecular weight is 275 g/mol. The Labute approximate surface area is 119 Å². The highest BCUT2D eigenvalue weighted by Crippen LogP contribution is 2.14. The Hall–Kier alpha value is -1.26. The largest absolute Gasteiger partial charge is 0.309 e. The molecule has 0 spiro atoms. The smallest absolute Gasteiger partial charge is 0.0991 e. The van der Waals surface area contributed by atoms with Gasteiger partial charge in [-0.2, -0.15) is 11.8 Å². The van der Waals surface area contributed by atoms with Crippen LogP contribution in [0, 0.1) is 0 Å². The summed E-state index contributed by atoms with van der Waals surface area (Å²) in [6.45, 7) is 5.33. The molecule has 3 nitrogen and oxygen atoms in total. The van der Waals surface area contributed by atoms with E-state index in [0.29, 0.717) is 6.04 Å². The highest BCUT2D eigenvalue weighted by Gasteiger charge is 2.05. The SMILES string of the molecule is CCSC[C@H](C)NCc1ccccc1-n1ccnc1. The number of hydrogen-bond donors (Lipinski definition) is 1. The first kappa shape index (κ1) is 14.2. The van der Waals surface area contributed by atoms with Gasteiger partial charge in [-0.05, 0) is 24.3 Å². The Bertz CT molecular complexity index is 482. The van der Waals surface area contributed by atoms with E-state index in [2.05, 4.69) is 53.0 Å². The fraction of sp³-hybridized carbons (Fsp3) is 0.400. The number of benzene rings is 1. The molecule has 4 heteroatoms. The van der Waals surface area contributed by atoms with Crippen LogP contribution in [0.3, 0.4) is 0 Å². The van der Waals surface area contributed by atoms with Crippen molar-refractivity contribution in [2.24, 2.45) is 0 Å². The van der Waals surface area contributed by atoms with Crippen molar-refractivity contribution in [3.8, 4) is 5.69 Å². The van der Waals surface area contributed by atoms with Crippen LogP contribution in [0.25, 0.3) is 5.69 Å². The zero-order chi connectivity index (χ0) is 13.5. The van der Waals surface area contributed by atoms with Crippen LogP contribution in [-0.4, -0.2) is 27.1 Å². The van der Waals surface area contributed by atoms with Gasteiger partial charge >= 0.3 is 0 Å². The number of para-hydroxylation sites is 1. The lowest BCUT2D eigenvalue weighted by molar-refractivity contribution is 0.594. The van der Waals surface area contributed by atoms with Crippen molar-refractivity contribution in [3.63, 3.8) is 0 Å². The first-order chi connectivity index (χ1) is 9.31. The second-order valence-electron chi connectivity index (χ2n) is 4.54. The van der Waals surface area contributed by atoms with Gasteiger partial charge in [0, 0.05) is 30.7 Å². The highest BCUT2D eigenvalue weighted by atomic mass is 32.2. The van der Waals surface area contributed by atoms with E-state index in [4.69, 9.17) is 0 Å². The van der Waals surface area contributed by atoms with E-state index in [-0.39, 0.29) is 0 Å². The number of thioether (sulfide) groups is 1. The van der Waals surface area contributed by atoms with Crippen LogP contribution in [0.5, 0.6) is 0 Å². The number of nitrogens with zero attached hydrogens (tertiary/aromatic N) is 2. The standard InChI is InChI=1S/C15H21N3S/c1-3-19-11-13(2)17-10-14-6-4-5-7-15(14)18-9-8-16-12-18/h4-9,12-13,17H,3,10-11H2,1-2H3/t13-/m0/s1. The van der Waals surface area contributed by atoms with Crippen molar-refractivity contribution in [1.29, 1.82) is 0 Å². The first-order valence-corrected chi connectivity index (χ1v) is 7.84. The molecule has 0 radical (unpaired) electrons. The Balaban J connectivity index is 2.01. The molecule has 1 aromatic heterocycles. The van der Waals surface area contributed by atoms with Gasteiger partial charge in [-0.3, -0.25) is 0 Å². The third-order valence-electron chi connectivity index (χ3n) is 2.99. The number of rotatable bonds is 7. The molecule has 2 rings (SSSR count). The van der Waals surface area contributed by atoms with Crippen LogP contribution in [0.4, 0.5) is 0 Å². The maximum absolute atomic E-state index is 4.11. The van der Waals surface area contributed by atoms with Gasteiger partial charge < -0.3 is 9.88 Å². The lowest BCUT2D eigenvalue weighted by Gasteiger charge is -2.15. The average Bonchev–Trinajstić information content (AvgIpc) is 2.97. The molecular formula is C15H21N3S. The minimum absolute atomic E-state index is 0.529. The molecule has 1 heterocycles. The molecular weight excluding hydrogens is 254 g/mol. The molecule has 2 aromatic rings. The predicted molar refractivity (Wildman–Crippen MR) is 82.9 cm³/mol. The second-order valence-corrected chi connectivity index (χ2v) is 5.86. The maximum Gasteiger partial charge on any atom is 0.0991 e. The third kappa shape index (κ3) is 4.11. The van der Waals surface area contributed by atoms with Gasteiger partial charge in [-0.15, -0.1) is 0 Å². The summed E-state index contributed by atoms with van der Waals surface area (Å²) in [5.41, 5.74) is 2.50. The lowest BCUT2D eigenvalue weighted by atomic mass is 10.1. The molecule has 0 bridgehead atoms. The monoisotopic (exact) mass is 275 g/mol. The number of imidazole rings is 1. The highest BCUT2D eigenvalue weighted by molar-refractivity contribution is 7.99. The normalized spacial score (nSPS) is 12.5. The molecule has 1 N–H and O–H groups in total. The Morgan fingerprint density at radius 2 is 2.21 bits per heavy atom. The molecule has 0 unspecified atom stereocenters. The number of hydrogen-bond acceptors (Lipinski definition) is 3. The molecule has 0 saturated carbocycles. The van der Waals surface area contributed by atoms with Gasteiger partial charge in [-0.25, -0.2) is 4.98 Å². The van der Waals surface area contributed by atoms with Crippen molar-refractivity contribution in [3.05, 3.63) is 48.5 Å². The van der Waals surface area contributed by atoms with Crippen LogP contribution in [0.1, 0.15) is 19.4 Å². The molecule has 0 fully saturated rings. The van der Waals surface area contributed by atoms with Crippen LogP contribution in [0.15, 0.2) is 43.0 Å².